The van der Waals surface area contributed by atoms with E-state index in [1.807, 2.05) is 25.1 Å². The summed E-state index contributed by atoms with van der Waals surface area (Å²) < 4.78 is 13.2. The van der Waals surface area contributed by atoms with Crippen molar-refractivity contribution in [1.29, 1.82) is 0 Å². The minimum absolute atomic E-state index is 0.169. The number of imidazole rings is 1. The number of aryl methyl sites for hydroxylation is 3. The molecule has 33 heavy (non-hydrogen) atoms. The molecular weight excluding hydrogens is 460 g/mol. The molecule has 7 nitrogen and oxygen atoms in total. The number of aromatic nitrogens is 3. The minimum atomic E-state index is -0.518. The topological polar surface area (TPSA) is 78.3 Å². The van der Waals surface area contributed by atoms with Crippen molar-refractivity contribution in [3.05, 3.63) is 58.5 Å². The molecule has 1 aliphatic heterocycles. The zero-order valence-electron chi connectivity index (χ0n) is 18.4. The van der Waals surface area contributed by atoms with E-state index in [0.29, 0.717) is 22.2 Å². The number of rotatable bonds is 6. The first kappa shape index (κ1) is 21.7. The van der Waals surface area contributed by atoms with Crippen LogP contribution >= 0.6 is 22.9 Å². The highest BCUT2D eigenvalue weighted by atomic mass is 35.5. The lowest BCUT2D eigenvalue weighted by Gasteiger charge is -2.07. The number of methoxy groups -OCH3 is 1. The lowest BCUT2D eigenvalue weighted by Crippen LogP contribution is -2.13. The summed E-state index contributed by atoms with van der Waals surface area (Å²) >= 11 is 7.46. The third-order valence-electron chi connectivity index (χ3n) is 5.69. The van der Waals surface area contributed by atoms with Crippen LogP contribution < -0.4 is 10.1 Å². The summed E-state index contributed by atoms with van der Waals surface area (Å²) in [5, 5.41) is 4.84. The molecule has 1 amide bonds. The van der Waals surface area contributed by atoms with E-state index in [-0.39, 0.29) is 6.61 Å². The van der Waals surface area contributed by atoms with E-state index in [1.165, 1.54) is 11.3 Å². The zero-order valence-corrected chi connectivity index (χ0v) is 19.9. The Balaban J connectivity index is 1.28. The van der Waals surface area contributed by atoms with E-state index in [9.17, 15) is 4.79 Å². The number of fused-ring (bicyclic) bond motifs is 3. The van der Waals surface area contributed by atoms with Gasteiger partial charge in [0.25, 0.3) is 0 Å². The van der Waals surface area contributed by atoms with E-state index in [0.717, 1.165) is 58.1 Å². The SMILES string of the molecule is CCc1nc(-c2ccc(Cl)cc2OC)sc1NC(=O)OCc1ccc2c(c1)nc1n2CCC1. The van der Waals surface area contributed by atoms with E-state index in [2.05, 4.69) is 20.9 Å². The molecule has 3 heterocycles. The molecule has 0 aliphatic carbocycles. The van der Waals surface area contributed by atoms with Crippen LogP contribution in [0.15, 0.2) is 36.4 Å². The van der Waals surface area contributed by atoms with E-state index in [4.69, 9.17) is 26.1 Å². The van der Waals surface area contributed by atoms with Crippen LogP contribution in [0.25, 0.3) is 21.6 Å². The summed E-state index contributed by atoms with van der Waals surface area (Å²) in [5.41, 5.74) is 4.60. The van der Waals surface area contributed by atoms with E-state index < -0.39 is 6.09 Å². The molecule has 170 valence electrons. The number of nitrogens with zero attached hydrogens (tertiary/aromatic N) is 3. The molecule has 0 saturated heterocycles. The highest BCUT2D eigenvalue weighted by molar-refractivity contribution is 7.19. The van der Waals surface area contributed by atoms with Crippen LogP contribution in [0.2, 0.25) is 5.02 Å². The third-order valence-corrected chi connectivity index (χ3v) is 6.97. The van der Waals surface area contributed by atoms with E-state index in [1.54, 1.807) is 19.2 Å². The molecule has 9 heteroatoms. The number of halogens is 1. The van der Waals surface area contributed by atoms with Crippen LogP contribution in [0.3, 0.4) is 0 Å². The van der Waals surface area contributed by atoms with Gasteiger partial charge in [-0.05, 0) is 48.7 Å². The smallest absolute Gasteiger partial charge is 0.412 e. The lowest BCUT2D eigenvalue weighted by molar-refractivity contribution is 0.155. The molecule has 2 aromatic carbocycles. The summed E-state index contributed by atoms with van der Waals surface area (Å²) in [4.78, 5) is 21.9. The summed E-state index contributed by atoms with van der Waals surface area (Å²) in [7, 11) is 1.59. The average molecular weight is 483 g/mol. The summed E-state index contributed by atoms with van der Waals surface area (Å²) in [6.45, 7) is 3.18. The number of anilines is 1. The average Bonchev–Trinajstić information content (AvgIpc) is 3.51. The first-order valence-corrected chi connectivity index (χ1v) is 12.0. The van der Waals surface area contributed by atoms with Crippen molar-refractivity contribution in [2.45, 2.75) is 39.3 Å². The Kier molecular flexibility index (Phi) is 5.95. The van der Waals surface area contributed by atoms with Gasteiger partial charge < -0.3 is 14.0 Å². The van der Waals surface area contributed by atoms with Gasteiger partial charge in [-0.3, -0.25) is 5.32 Å². The number of nitrogens with one attached hydrogen (secondary N) is 1. The Morgan fingerprint density at radius 1 is 1.24 bits per heavy atom. The number of ether oxygens (including phenoxy) is 2. The first-order chi connectivity index (χ1) is 16.1. The molecule has 0 fully saturated rings. The Hall–Kier alpha value is -3.10. The molecule has 0 atom stereocenters. The molecule has 1 N–H and O–H groups in total. The fourth-order valence-electron chi connectivity index (χ4n) is 4.07. The van der Waals surface area contributed by atoms with Gasteiger partial charge in [0.1, 0.15) is 28.2 Å². The molecule has 0 unspecified atom stereocenters. The first-order valence-electron chi connectivity index (χ1n) is 10.8. The Bertz CT molecular complexity index is 1350. The number of thiazole rings is 1. The van der Waals surface area contributed by atoms with Crippen LogP contribution in [-0.4, -0.2) is 27.7 Å². The highest BCUT2D eigenvalue weighted by Gasteiger charge is 2.18. The van der Waals surface area contributed by atoms with Crippen molar-refractivity contribution in [2.24, 2.45) is 0 Å². The van der Waals surface area contributed by atoms with E-state index >= 15 is 0 Å². The number of hydrogen-bond acceptors (Lipinski definition) is 6. The van der Waals surface area contributed by atoms with Crippen molar-refractivity contribution in [3.8, 4) is 16.3 Å². The second-order valence-corrected chi connectivity index (χ2v) is 9.24. The summed E-state index contributed by atoms with van der Waals surface area (Å²) in [5.74, 6) is 1.76. The van der Waals surface area contributed by atoms with Crippen LogP contribution in [0.4, 0.5) is 9.80 Å². The number of benzene rings is 2. The molecule has 2 aromatic heterocycles. The van der Waals surface area contributed by atoms with Crippen molar-refractivity contribution < 1.29 is 14.3 Å². The summed E-state index contributed by atoms with van der Waals surface area (Å²) in [6, 6.07) is 11.4. The molecular formula is C24H23ClN4O3S. The van der Waals surface area contributed by atoms with Crippen molar-refractivity contribution >= 4 is 45.1 Å². The van der Waals surface area contributed by atoms with Crippen molar-refractivity contribution in [1.82, 2.24) is 14.5 Å². The predicted molar refractivity (Wildman–Crippen MR) is 130 cm³/mol. The van der Waals surface area contributed by atoms with Gasteiger partial charge in [-0.2, -0.15) is 0 Å². The number of amides is 1. The molecule has 4 aromatic rings. The lowest BCUT2D eigenvalue weighted by atomic mass is 10.2. The van der Waals surface area contributed by atoms with Gasteiger partial charge in [0.05, 0.1) is 29.4 Å². The maximum absolute atomic E-state index is 12.5. The summed E-state index contributed by atoms with van der Waals surface area (Å²) in [6.07, 6.45) is 2.31. The Morgan fingerprint density at radius 3 is 2.94 bits per heavy atom. The third kappa shape index (κ3) is 4.28. The Labute approximate surface area is 200 Å². The molecule has 1 aliphatic rings. The van der Waals surface area contributed by atoms with Crippen molar-refractivity contribution in [2.75, 3.05) is 12.4 Å². The quantitative estimate of drug-likeness (QED) is 0.360. The second-order valence-electron chi connectivity index (χ2n) is 7.80. The molecule has 0 bridgehead atoms. The molecule has 0 saturated carbocycles. The number of carbonyl (C=O) groups is 1. The van der Waals surface area contributed by atoms with Crippen molar-refractivity contribution in [3.63, 3.8) is 0 Å². The fourth-order valence-corrected chi connectivity index (χ4v) is 5.31. The minimum Gasteiger partial charge on any atom is -0.496 e. The molecule has 0 spiro atoms. The van der Waals surface area contributed by atoms with Crippen LogP contribution in [-0.2, 0) is 30.7 Å². The standard InChI is InChI=1S/C24H23ClN4O3S/c1-3-17-23(33-22(27-17)16-8-7-15(25)12-20(16)31-2)28-24(30)32-13-14-6-9-19-18(11-14)26-21-5-4-10-29(19)21/h6-9,11-12H,3-5,10,13H2,1-2H3,(H,28,30). The molecule has 5 rings (SSSR count). The predicted octanol–water partition coefficient (Wildman–Crippen LogP) is 6.08. The van der Waals surface area contributed by atoms with Crippen LogP contribution in [0, 0.1) is 0 Å². The maximum Gasteiger partial charge on any atom is 0.412 e. The van der Waals surface area contributed by atoms with Gasteiger partial charge in [0, 0.05) is 18.0 Å². The van der Waals surface area contributed by atoms with Gasteiger partial charge >= 0.3 is 6.09 Å². The monoisotopic (exact) mass is 482 g/mol. The highest BCUT2D eigenvalue weighted by Crippen LogP contribution is 2.38. The second kappa shape index (κ2) is 9.03. The van der Waals surface area contributed by atoms with Gasteiger partial charge in [0.2, 0.25) is 0 Å². The van der Waals surface area contributed by atoms with Gasteiger partial charge in [0.15, 0.2) is 0 Å². The number of hydrogen-bond donors (Lipinski definition) is 1. The van der Waals surface area contributed by atoms with Gasteiger partial charge in [-0.1, -0.05) is 35.9 Å². The number of carbonyl (C=O) groups excluding carboxylic acids is 1. The van der Waals surface area contributed by atoms with Crippen LogP contribution in [0.5, 0.6) is 5.75 Å². The zero-order chi connectivity index (χ0) is 22.9. The van der Waals surface area contributed by atoms with Gasteiger partial charge in [-0.15, -0.1) is 0 Å². The Morgan fingerprint density at radius 2 is 2.12 bits per heavy atom. The normalized spacial score (nSPS) is 12.7. The van der Waals surface area contributed by atoms with Gasteiger partial charge in [-0.25, -0.2) is 14.8 Å². The largest absolute Gasteiger partial charge is 0.496 e. The van der Waals surface area contributed by atoms with Crippen LogP contribution in [0.1, 0.15) is 30.4 Å². The maximum atomic E-state index is 12.5. The fraction of sp³-hybridized carbons (Fsp3) is 0.292. The molecule has 0 radical (unpaired) electrons.